The molecule has 2 unspecified atom stereocenters. The van der Waals surface area contributed by atoms with Gasteiger partial charge in [-0.1, -0.05) is 13.8 Å². The van der Waals surface area contributed by atoms with Crippen molar-refractivity contribution in [1.82, 2.24) is 4.98 Å². The number of pyridine rings is 1. The molecule has 2 saturated heterocycles. The van der Waals surface area contributed by atoms with E-state index in [2.05, 4.69) is 22.9 Å². The van der Waals surface area contributed by atoms with Crippen LogP contribution in [0.3, 0.4) is 0 Å². The lowest BCUT2D eigenvalue weighted by Crippen LogP contribution is -2.71. The normalized spacial score (nSPS) is 26.7. The van der Waals surface area contributed by atoms with Crippen LogP contribution in [0, 0.1) is 6.92 Å². The first kappa shape index (κ1) is 10.4. The van der Waals surface area contributed by atoms with Crippen molar-refractivity contribution < 1.29 is 4.74 Å². The minimum absolute atomic E-state index is 0.488. The number of hydrogen-bond acceptors (Lipinski definition) is 3. The molecule has 1 aromatic heterocycles. The number of fused-ring (bicyclic) bond motifs is 1. The molecule has 2 atom stereocenters. The first-order chi connectivity index (χ1) is 7.34. The van der Waals surface area contributed by atoms with Crippen LogP contribution in [-0.4, -0.2) is 30.3 Å². The van der Waals surface area contributed by atoms with Crippen molar-refractivity contribution in [3.8, 4) is 0 Å². The van der Waals surface area contributed by atoms with Gasteiger partial charge in [0.1, 0.15) is 5.82 Å². The molecule has 0 amide bonds. The Labute approximate surface area is 91.1 Å². The first-order valence-corrected chi connectivity index (χ1v) is 5.65. The summed E-state index contributed by atoms with van der Waals surface area (Å²) in [5, 5.41) is 0. The molecule has 0 aromatic carbocycles. The molecule has 3 heteroatoms. The van der Waals surface area contributed by atoms with Crippen LogP contribution in [0.5, 0.6) is 0 Å². The summed E-state index contributed by atoms with van der Waals surface area (Å²) in [4.78, 5) is 6.67. The second kappa shape index (κ2) is 4.19. The maximum absolute atomic E-state index is 5.34. The van der Waals surface area contributed by atoms with Gasteiger partial charge in [-0.15, -0.1) is 0 Å². The molecule has 2 aliphatic rings. The molecule has 3 heterocycles. The Bertz CT molecular complexity index is 340. The predicted molar refractivity (Wildman–Crippen MR) is 61.2 cm³/mol. The Hall–Kier alpha value is -1.09. The molecule has 0 radical (unpaired) electrons. The standard InChI is InChI=1S/C10H12N2O.C2H6/c1-7-2-3-11-10(4-7)12-5-9-8(12)6-13-9;1-2/h2-4,8-9H,5-6H2,1H3;1-2H3. The third kappa shape index (κ3) is 1.72. The summed E-state index contributed by atoms with van der Waals surface area (Å²) in [6, 6.07) is 4.77. The fourth-order valence-corrected chi connectivity index (χ4v) is 1.92. The molecular weight excluding hydrogens is 188 g/mol. The molecule has 2 fully saturated rings. The lowest BCUT2D eigenvalue weighted by molar-refractivity contribution is -0.113. The highest BCUT2D eigenvalue weighted by Crippen LogP contribution is 2.33. The van der Waals surface area contributed by atoms with E-state index in [1.54, 1.807) is 0 Å². The smallest absolute Gasteiger partial charge is 0.129 e. The molecule has 3 nitrogen and oxygen atoms in total. The lowest BCUT2D eigenvalue weighted by Gasteiger charge is -2.55. The highest BCUT2D eigenvalue weighted by molar-refractivity contribution is 5.47. The third-order valence-corrected chi connectivity index (χ3v) is 2.88. The summed E-state index contributed by atoms with van der Waals surface area (Å²) in [6.45, 7) is 7.99. The topological polar surface area (TPSA) is 25.4 Å². The van der Waals surface area contributed by atoms with Crippen LogP contribution in [0.25, 0.3) is 0 Å². The SMILES string of the molecule is CC.Cc1ccnc(N2CC3OCC32)c1. The Balaban J connectivity index is 0.000000404. The van der Waals surface area contributed by atoms with Crippen molar-refractivity contribution in [1.29, 1.82) is 0 Å². The Kier molecular flexibility index (Phi) is 2.91. The molecule has 0 spiro atoms. The summed E-state index contributed by atoms with van der Waals surface area (Å²) in [5.41, 5.74) is 1.27. The first-order valence-electron chi connectivity index (χ1n) is 5.65. The van der Waals surface area contributed by atoms with Gasteiger partial charge < -0.3 is 9.64 Å². The Morgan fingerprint density at radius 1 is 1.47 bits per heavy atom. The van der Waals surface area contributed by atoms with Gasteiger partial charge in [0.05, 0.1) is 18.8 Å². The van der Waals surface area contributed by atoms with Gasteiger partial charge in [0, 0.05) is 12.7 Å². The Morgan fingerprint density at radius 3 is 2.73 bits per heavy atom. The molecule has 15 heavy (non-hydrogen) atoms. The zero-order chi connectivity index (χ0) is 10.8. The van der Waals surface area contributed by atoms with E-state index in [-0.39, 0.29) is 0 Å². The summed E-state index contributed by atoms with van der Waals surface area (Å²) in [5.74, 6) is 1.10. The minimum Gasteiger partial charge on any atom is -0.372 e. The zero-order valence-corrected chi connectivity index (χ0v) is 9.60. The van der Waals surface area contributed by atoms with Crippen molar-refractivity contribution in [2.45, 2.75) is 32.9 Å². The van der Waals surface area contributed by atoms with Crippen molar-refractivity contribution in [3.63, 3.8) is 0 Å². The molecule has 0 saturated carbocycles. The predicted octanol–water partition coefficient (Wildman–Crippen LogP) is 2.00. The van der Waals surface area contributed by atoms with Crippen LogP contribution < -0.4 is 4.90 Å². The van der Waals surface area contributed by atoms with Gasteiger partial charge in [0.25, 0.3) is 0 Å². The lowest BCUT2D eigenvalue weighted by atomic mass is 9.95. The van der Waals surface area contributed by atoms with E-state index in [1.165, 1.54) is 5.56 Å². The van der Waals surface area contributed by atoms with Crippen LogP contribution in [-0.2, 0) is 4.74 Å². The van der Waals surface area contributed by atoms with E-state index in [0.717, 1.165) is 19.0 Å². The molecule has 3 rings (SSSR count). The monoisotopic (exact) mass is 206 g/mol. The summed E-state index contributed by atoms with van der Waals surface area (Å²) >= 11 is 0. The maximum atomic E-state index is 5.34. The van der Waals surface area contributed by atoms with Crippen molar-refractivity contribution >= 4 is 5.82 Å². The number of nitrogens with zero attached hydrogens (tertiary/aromatic N) is 2. The molecule has 2 aliphatic heterocycles. The van der Waals surface area contributed by atoms with Gasteiger partial charge in [-0.2, -0.15) is 0 Å². The van der Waals surface area contributed by atoms with E-state index >= 15 is 0 Å². The number of rotatable bonds is 1. The summed E-state index contributed by atoms with van der Waals surface area (Å²) in [7, 11) is 0. The Morgan fingerprint density at radius 2 is 2.27 bits per heavy atom. The minimum atomic E-state index is 0.488. The number of aryl methyl sites for hydroxylation is 1. The average Bonchev–Trinajstić information content (AvgIpc) is 2.25. The molecule has 82 valence electrons. The van der Waals surface area contributed by atoms with Gasteiger partial charge in [-0.25, -0.2) is 4.98 Å². The van der Waals surface area contributed by atoms with Crippen LogP contribution in [0.1, 0.15) is 19.4 Å². The van der Waals surface area contributed by atoms with E-state index in [4.69, 9.17) is 4.74 Å². The van der Waals surface area contributed by atoms with Crippen LogP contribution in [0.4, 0.5) is 5.82 Å². The molecule has 0 aliphatic carbocycles. The van der Waals surface area contributed by atoms with Crippen molar-refractivity contribution in [2.24, 2.45) is 0 Å². The summed E-state index contributed by atoms with van der Waals surface area (Å²) in [6.07, 6.45) is 2.36. The number of hydrogen-bond donors (Lipinski definition) is 0. The fourth-order valence-electron chi connectivity index (χ4n) is 1.92. The van der Waals surface area contributed by atoms with Crippen molar-refractivity contribution in [3.05, 3.63) is 23.9 Å². The number of aromatic nitrogens is 1. The fraction of sp³-hybridized carbons (Fsp3) is 0.583. The van der Waals surface area contributed by atoms with Gasteiger partial charge in [0.15, 0.2) is 0 Å². The number of anilines is 1. The van der Waals surface area contributed by atoms with E-state index < -0.39 is 0 Å². The zero-order valence-electron chi connectivity index (χ0n) is 9.60. The van der Waals surface area contributed by atoms with E-state index in [1.807, 2.05) is 26.1 Å². The third-order valence-electron chi connectivity index (χ3n) is 2.88. The summed E-state index contributed by atoms with van der Waals surface area (Å²) < 4.78 is 5.34. The second-order valence-corrected chi connectivity index (χ2v) is 3.78. The molecular formula is C12H18N2O. The van der Waals surface area contributed by atoms with Gasteiger partial charge in [-0.05, 0) is 24.6 Å². The maximum Gasteiger partial charge on any atom is 0.129 e. The highest BCUT2D eigenvalue weighted by Gasteiger charge is 2.47. The van der Waals surface area contributed by atoms with E-state index in [9.17, 15) is 0 Å². The van der Waals surface area contributed by atoms with E-state index in [0.29, 0.717) is 12.1 Å². The van der Waals surface area contributed by atoms with Crippen molar-refractivity contribution in [2.75, 3.05) is 18.1 Å². The molecule has 0 N–H and O–H groups in total. The number of ether oxygens (including phenoxy) is 1. The van der Waals surface area contributed by atoms with Gasteiger partial charge in [-0.3, -0.25) is 0 Å². The second-order valence-electron chi connectivity index (χ2n) is 3.78. The van der Waals surface area contributed by atoms with Gasteiger partial charge in [0.2, 0.25) is 0 Å². The molecule has 1 aromatic rings. The van der Waals surface area contributed by atoms with Gasteiger partial charge >= 0.3 is 0 Å². The molecule has 0 bridgehead atoms. The van der Waals surface area contributed by atoms with Crippen LogP contribution in [0.15, 0.2) is 18.3 Å². The van der Waals surface area contributed by atoms with Crippen LogP contribution >= 0.6 is 0 Å². The largest absolute Gasteiger partial charge is 0.372 e. The highest BCUT2D eigenvalue weighted by atomic mass is 16.5. The average molecular weight is 206 g/mol. The number of morpholine rings is 1. The van der Waals surface area contributed by atoms with Crippen LogP contribution in [0.2, 0.25) is 0 Å². The quantitative estimate of drug-likeness (QED) is 0.702.